The Morgan fingerprint density at radius 2 is 1.39 bits per heavy atom. The lowest BCUT2D eigenvalue weighted by molar-refractivity contribution is -0.129. The largest absolute Gasteiger partial charge is 0.508 e. The molecular formula is C27H33N5O4. The lowest BCUT2D eigenvalue weighted by Crippen LogP contribution is -2.48. The Morgan fingerprint density at radius 3 is 1.92 bits per heavy atom. The molecule has 9 nitrogen and oxygen atoms in total. The van der Waals surface area contributed by atoms with Gasteiger partial charge in [0.1, 0.15) is 11.8 Å². The van der Waals surface area contributed by atoms with Gasteiger partial charge in [-0.25, -0.2) is 0 Å². The van der Waals surface area contributed by atoms with Crippen molar-refractivity contribution in [2.24, 2.45) is 16.5 Å². The predicted octanol–water partition coefficient (Wildman–Crippen LogP) is 1.55. The standard InChI is InChI=1S/C27H31N5O3.H2O/c28-27(29)30-17-7-12-23(25(34)31-18-19-13-15-22(33)16-14-19)32-26(35)24(20-8-3-1-4-9-20)21-10-5-2-6-11-21;/h1-6,8-11,13-16,23-24,33H,7,12,17-18H2,(H,31,34)(H,32,35)(H4,28,29,30);1H2/t23-;/m1./s1. The Morgan fingerprint density at radius 1 is 0.833 bits per heavy atom. The molecule has 0 aliphatic rings. The van der Waals surface area contributed by atoms with Crippen LogP contribution in [0.3, 0.4) is 0 Å². The van der Waals surface area contributed by atoms with Crippen LogP contribution in [0.4, 0.5) is 0 Å². The van der Waals surface area contributed by atoms with E-state index >= 15 is 0 Å². The molecule has 0 fully saturated rings. The fourth-order valence-electron chi connectivity index (χ4n) is 3.74. The molecule has 0 spiro atoms. The molecule has 0 heterocycles. The minimum absolute atomic E-state index is 0. The topological polar surface area (TPSA) is 174 Å². The third kappa shape index (κ3) is 8.44. The first-order chi connectivity index (χ1) is 16.9. The van der Waals surface area contributed by atoms with Crippen molar-refractivity contribution in [3.63, 3.8) is 0 Å². The zero-order valence-corrected chi connectivity index (χ0v) is 19.9. The van der Waals surface area contributed by atoms with Gasteiger partial charge in [0.15, 0.2) is 5.96 Å². The van der Waals surface area contributed by atoms with Gasteiger partial charge >= 0.3 is 0 Å². The number of guanidine groups is 1. The van der Waals surface area contributed by atoms with Crippen molar-refractivity contribution in [1.29, 1.82) is 0 Å². The number of nitrogens with one attached hydrogen (secondary N) is 2. The number of rotatable bonds is 11. The molecule has 0 unspecified atom stereocenters. The number of nitrogens with zero attached hydrogens (tertiary/aromatic N) is 1. The van der Waals surface area contributed by atoms with Gasteiger partial charge in [0.25, 0.3) is 0 Å². The van der Waals surface area contributed by atoms with Crippen molar-refractivity contribution in [2.45, 2.75) is 31.3 Å². The van der Waals surface area contributed by atoms with E-state index in [1.165, 1.54) is 0 Å². The number of phenols is 1. The van der Waals surface area contributed by atoms with Crippen LogP contribution in [0.5, 0.6) is 5.75 Å². The van der Waals surface area contributed by atoms with Crippen LogP contribution in [0.25, 0.3) is 0 Å². The minimum Gasteiger partial charge on any atom is -0.508 e. The first kappa shape index (κ1) is 27.9. The van der Waals surface area contributed by atoms with Gasteiger partial charge in [-0.15, -0.1) is 0 Å². The van der Waals surface area contributed by atoms with E-state index in [9.17, 15) is 14.7 Å². The minimum atomic E-state index is -0.774. The summed E-state index contributed by atoms with van der Waals surface area (Å²) in [5, 5.41) is 15.3. The number of aliphatic imine (C=N–C) groups is 1. The van der Waals surface area contributed by atoms with Crippen molar-refractivity contribution in [1.82, 2.24) is 10.6 Å². The summed E-state index contributed by atoms with van der Waals surface area (Å²) >= 11 is 0. The number of carbonyl (C=O) groups excluding carboxylic acids is 2. The smallest absolute Gasteiger partial charge is 0.242 e. The second-order valence-corrected chi connectivity index (χ2v) is 8.15. The summed E-state index contributed by atoms with van der Waals surface area (Å²) in [5.41, 5.74) is 13.3. The molecular weight excluding hydrogens is 458 g/mol. The maximum Gasteiger partial charge on any atom is 0.242 e. The fraction of sp³-hybridized carbons (Fsp3) is 0.222. The normalized spacial score (nSPS) is 11.1. The second kappa shape index (κ2) is 14.1. The summed E-state index contributed by atoms with van der Waals surface area (Å²) in [7, 11) is 0. The predicted molar refractivity (Wildman–Crippen MR) is 140 cm³/mol. The molecule has 3 aromatic rings. The summed E-state index contributed by atoms with van der Waals surface area (Å²) in [6, 6.07) is 24.7. The number of phenolic OH excluding ortho intramolecular Hbond substituents is 1. The van der Waals surface area contributed by atoms with Gasteiger partial charge in [0, 0.05) is 13.1 Å². The maximum atomic E-state index is 13.5. The average molecular weight is 492 g/mol. The molecule has 0 aliphatic heterocycles. The van der Waals surface area contributed by atoms with Crippen LogP contribution in [0.15, 0.2) is 89.9 Å². The van der Waals surface area contributed by atoms with E-state index in [2.05, 4.69) is 15.6 Å². The van der Waals surface area contributed by atoms with Gasteiger partial charge in [-0.2, -0.15) is 0 Å². The maximum absolute atomic E-state index is 13.5. The molecule has 3 rings (SSSR count). The molecule has 0 aromatic heterocycles. The summed E-state index contributed by atoms with van der Waals surface area (Å²) in [4.78, 5) is 30.6. The zero-order chi connectivity index (χ0) is 25.0. The van der Waals surface area contributed by atoms with Gasteiger partial charge in [-0.05, 0) is 41.7 Å². The van der Waals surface area contributed by atoms with Gasteiger partial charge in [0.2, 0.25) is 11.8 Å². The Hall–Kier alpha value is -4.37. The molecule has 0 bridgehead atoms. The Kier molecular flexibility index (Phi) is 10.9. The van der Waals surface area contributed by atoms with Gasteiger partial charge in [0.05, 0.1) is 5.92 Å². The van der Waals surface area contributed by atoms with Crippen molar-refractivity contribution < 1.29 is 20.2 Å². The van der Waals surface area contributed by atoms with Crippen LogP contribution in [-0.2, 0) is 16.1 Å². The van der Waals surface area contributed by atoms with Crippen LogP contribution in [0.2, 0.25) is 0 Å². The number of aromatic hydroxyl groups is 1. The van der Waals surface area contributed by atoms with E-state index in [0.717, 1.165) is 16.7 Å². The quantitative estimate of drug-likeness (QED) is 0.155. The van der Waals surface area contributed by atoms with E-state index < -0.39 is 12.0 Å². The first-order valence-electron chi connectivity index (χ1n) is 11.5. The monoisotopic (exact) mass is 491 g/mol. The lowest BCUT2D eigenvalue weighted by atomic mass is 9.90. The molecule has 9 N–H and O–H groups in total. The van der Waals surface area contributed by atoms with Crippen molar-refractivity contribution in [2.75, 3.05) is 6.54 Å². The van der Waals surface area contributed by atoms with E-state index in [1.807, 2.05) is 60.7 Å². The Balaban J connectivity index is 0.00000456. The van der Waals surface area contributed by atoms with Crippen LogP contribution in [0, 0.1) is 0 Å². The molecule has 2 amide bonds. The lowest BCUT2D eigenvalue weighted by Gasteiger charge is -2.23. The molecule has 0 aliphatic carbocycles. The van der Waals surface area contributed by atoms with Gasteiger partial charge in [-0.1, -0.05) is 72.8 Å². The van der Waals surface area contributed by atoms with Crippen molar-refractivity contribution in [3.05, 3.63) is 102 Å². The van der Waals surface area contributed by atoms with Crippen molar-refractivity contribution >= 4 is 17.8 Å². The SMILES string of the molecule is NC(N)=NCCC[C@@H](NC(=O)C(c1ccccc1)c1ccccc1)C(=O)NCc1ccc(O)cc1.O. The van der Waals surface area contributed by atoms with E-state index in [0.29, 0.717) is 19.4 Å². The molecule has 36 heavy (non-hydrogen) atoms. The van der Waals surface area contributed by atoms with Crippen LogP contribution < -0.4 is 22.1 Å². The molecule has 0 saturated carbocycles. The number of benzene rings is 3. The van der Waals surface area contributed by atoms with Crippen LogP contribution in [0.1, 0.15) is 35.4 Å². The summed E-state index contributed by atoms with van der Waals surface area (Å²) in [5.74, 6) is -1.01. The van der Waals surface area contributed by atoms with Gasteiger partial charge < -0.3 is 32.7 Å². The highest BCUT2D eigenvalue weighted by Gasteiger charge is 2.27. The summed E-state index contributed by atoms with van der Waals surface area (Å²) in [6.45, 7) is 0.612. The first-order valence-corrected chi connectivity index (χ1v) is 11.5. The highest BCUT2D eigenvalue weighted by atomic mass is 16.3. The number of hydrogen-bond donors (Lipinski definition) is 5. The number of amides is 2. The molecule has 0 radical (unpaired) electrons. The third-order valence-electron chi connectivity index (χ3n) is 5.51. The Labute approximate surface area is 210 Å². The third-order valence-corrected chi connectivity index (χ3v) is 5.51. The highest BCUT2D eigenvalue weighted by molar-refractivity contribution is 5.92. The van der Waals surface area contributed by atoms with E-state index in [1.54, 1.807) is 24.3 Å². The highest BCUT2D eigenvalue weighted by Crippen LogP contribution is 2.25. The molecule has 9 heteroatoms. The molecule has 1 atom stereocenters. The van der Waals surface area contributed by atoms with Crippen LogP contribution in [-0.4, -0.2) is 40.9 Å². The fourth-order valence-corrected chi connectivity index (χ4v) is 3.74. The zero-order valence-electron chi connectivity index (χ0n) is 19.9. The summed E-state index contributed by atoms with van der Waals surface area (Å²) < 4.78 is 0. The number of hydrogen-bond acceptors (Lipinski definition) is 4. The van der Waals surface area contributed by atoms with E-state index in [4.69, 9.17) is 11.5 Å². The number of nitrogens with two attached hydrogens (primary N) is 2. The van der Waals surface area contributed by atoms with E-state index in [-0.39, 0.29) is 35.5 Å². The molecule has 190 valence electrons. The second-order valence-electron chi connectivity index (χ2n) is 8.15. The summed E-state index contributed by atoms with van der Waals surface area (Å²) in [6.07, 6.45) is 0.872. The molecule has 3 aromatic carbocycles. The number of carbonyl (C=O) groups is 2. The Bertz CT molecular complexity index is 1080. The van der Waals surface area contributed by atoms with Crippen LogP contribution >= 0.6 is 0 Å². The molecule has 0 saturated heterocycles. The average Bonchev–Trinajstić information content (AvgIpc) is 2.86. The van der Waals surface area contributed by atoms with Gasteiger partial charge in [-0.3, -0.25) is 14.6 Å². The van der Waals surface area contributed by atoms with Crippen molar-refractivity contribution in [3.8, 4) is 5.75 Å².